The largest absolute Gasteiger partial charge is 0.487 e. The summed E-state index contributed by atoms with van der Waals surface area (Å²) in [5.41, 5.74) is 0.599. The summed E-state index contributed by atoms with van der Waals surface area (Å²) >= 11 is 0. The zero-order valence-corrected chi connectivity index (χ0v) is 7.73. The lowest BCUT2D eigenvalue weighted by Gasteiger charge is -2.31. The summed E-state index contributed by atoms with van der Waals surface area (Å²) in [6.45, 7) is 3.93. The second-order valence-corrected chi connectivity index (χ2v) is 3.86. The zero-order valence-electron chi connectivity index (χ0n) is 7.73. The summed E-state index contributed by atoms with van der Waals surface area (Å²) in [6.07, 6.45) is 3.93. The van der Waals surface area contributed by atoms with E-state index in [-0.39, 0.29) is 11.4 Å². The Morgan fingerprint density at radius 3 is 3.00 bits per heavy atom. The number of benzene rings is 1. The highest BCUT2D eigenvalue weighted by Crippen LogP contribution is 2.34. The van der Waals surface area contributed by atoms with Crippen LogP contribution in [0.25, 0.3) is 0 Å². The lowest BCUT2D eigenvalue weighted by atomic mass is 9.94. The molecule has 0 atom stereocenters. The normalized spacial score (nSPS) is 19.0. The third kappa shape index (κ3) is 1.67. The summed E-state index contributed by atoms with van der Waals surface area (Å²) in [4.78, 5) is 0. The van der Waals surface area contributed by atoms with Gasteiger partial charge in [-0.1, -0.05) is 6.07 Å². The minimum atomic E-state index is -0.266. The standard InChI is InChI=1S/C11H11FO/c1-11(2)6-5-8-3-4-9(12)7-10(8)13-11/h3-4,7H,6H2,1-2H3. The van der Waals surface area contributed by atoms with Crippen molar-refractivity contribution >= 4 is 0 Å². The van der Waals surface area contributed by atoms with Gasteiger partial charge >= 0.3 is 0 Å². The first-order valence-electron chi connectivity index (χ1n) is 4.29. The second-order valence-electron chi connectivity index (χ2n) is 3.86. The lowest BCUT2D eigenvalue weighted by Crippen LogP contribution is -2.31. The maximum absolute atomic E-state index is 12.8. The molecule has 0 N–H and O–H groups in total. The first kappa shape index (κ1) is 8.54. The van der Waals surface area contributed by atoms with Crippen molar-refractivity contribution in [1.82, 2.24) is 0 Å². The summed E-state index contributed by atoms with van der Waals surface area (Å²) in [7, 11) is 0. The third-order valence-electron chi connectivity index (χ3n) is 2.03. The molecule has 1 aliphatic rings. The fourth-order valence-corrected chi connectivity index (χ4v) is 1.37. The molecule has 0 saturated heterocycles. The van der Waals surface area contributed by atoms with Gasteiger partial charge in [0.1, 0.15) is 17.2 Å². The maximum Gasteiger partial charge on any atom is 0.126 e. The van der Waals surface area contributed by atoms with E-state index in [1.807, 2.05) is 13.8 Å². The average molecular weight is 178 g/mol. The van der Waals surface area contributed by atoms with Crippen LogP contribution in [0.1, 0.15) is 25.8 Å². The third-order valence-corrected chi connectivity index (χ3v) is 2.03. The van der Waals surface area contributed by atoms with Gasteiger partial charge in [0.2, 0.25) is 0 Å². The molecule has 2 heteroatoms. The van der Waals surface area contributed by atoms with Gasteiger partial charge in [0, 0.05) is 18.1 Å². The molecule has 0 unspecified atom stereocenters. The van der Waals surface area contributed by atoms with Gasteiger partial charge in [0.15, 0.2) is 0 Å². The first-order valence-corrected chi connectivity index (χ1v) is 4.29. The molecule has 2 rings (SSSR count). The molecule has 0 fully saturated rings. The van der Waals surface area contributed by atoms with Crippen molar-refractivity contribution in [2.75, 3.05) is 0 Å². The van der Waals surface area contributed by atoms with Crippen LogP contribution in [-0.4, -0.2) is 5.60 Å². The Balaban J connectivity index is 2.38. The molecule has 0 aliphatic carbocycles. The monoisotopic (exact) mass is 178 g/mol. The van der Waals surface area contributed by atoms with E-state index >= 15 is 0 Å². The predicted molar refractivity (Wildman–Crippen MR) is 48.1 cm³/mol. The Bertz CT molecular complexity index is 331. The van der Waals surface area contributed by atoms with Crippen molar-refractivity contribution in [2.45, 2.75) is 25.9 Å². The van der Waals surface area contributed by atoms with Gasteiger partial charge in [0.25, 0.3) is 0 Å². The molecular formula is C11H11FO. The molecule has 1 aromatic carbocycles. The van der Waals surface area contributed by atoms with Gasteiger partial charge < -0.3 is 4.74 Å². The van der Waals surface area contributed by atoms with E-state index in [2.05, 4.69) is 6.42 Å². The van der Waals surface area contributed by atoms with Crippen LogP contribution in [0.4, 0.5) is 4.39 Å². The van der Waals surface area contributed by atoms with E-state index in [1.54, 1.807) is 6.07 Å². The Morgan fingerprint density at radius 1 is 1.46 bits per heavy atom. The summed E-state index contributed by atoms with van der Waals surface area (Å²) in [6, 6.07) is 4.52. The number of fused-ring (bicyclic) bond motifs is 1. The quantitative estimate of drug-likeness (QED) is 0.593. The van der Waals surface area contributed by atoms with Gasteiger partial charge in [-0.25, -0.2) is 4.39 Å². The van der Waals surface area contributed by atoms with Crippen molar-refractivity contribution in [1.29, 1.82) is 0 Å². The molecule has 0 bridgehead atoms. The molecule has 0 spiro atoms. The van der Waals surface area contributed by atoms with E-state index in [1.165, 1.54) is 12.1 Å². The molecule has 0 amide bonds. The van der Waals surface area contributed by atoms with Crippen LogP contribution < -0.4 is 4.74 Å². The highest BCUT2D eigenvalue weighted by Gasteiger charge is 2.26. The van der Waals surface area contributed by atoms with Crippen LogP contribution in [0.3, 0.4) is 0 Å². The number of rotatable bonds is 0. The van der Waals surface area contributed by atoms with Gasteiger partial charge in [-0.05, 0) is 26.3 Å². The highest BCUT2D eigenvalue weighted by molar-refractivity contribution is 5.41. The van der Waals surface area contributed by atoms with Crippen molar-refractivity contribution in [3.8, 4) is 5.75 Å². The fourth-order valence-electron chi connectivity index (χ4n) is 1.37. The van der Waals surface area contributed by atoms with E-state index in [0.29, 0.717) is 5.75 Å². The maximum atomic E-state index is 12.8. The van der Waals surface area contributed by atoms with Crippen LogP contribution in [0.5, 0.6) is 5.75 Å². The number of halogens is 1. The molecule has 0 saturated carbocycles. The topological polar surface area (TPSA) is 9.23 Å². The van der Waals surface area contributed by atoms with E-state index < -0.39 is 0 Å². The van der Waals surface area contributed by atoms with Crippen molar-refractivity contribution < 1.29 is 9.13 Å². The smallest absolute Gasteiger partial charge is 0.126 e. The molecule has 13 heavy (non-hydrogen) atoms. The van der Waals surface area contributed by atoms with Gasteiger partial charge in [-0.3, -0.25) is 0 Å². The minimum Gasteiger partial charge on any atom is -0.487 e. The number of hydrogen-bond acceptors (Lipinski definition) is 1. The zero-order chi connectivity index (χ0) is 9.47. The Labute approximate surface area is 77.5 Å². The molecule has 2 radical (unpaired) electrons. The van der Waals surface area contributed by atoms with E-state index in [9.17, 15) is 4.39 Å². The number of hydrogen-bond donors (Lipinski definition) is 0. The average Bonchev–Trinajstić information content (AvgIpc) is 2.01. The van der Waals surface area contributed by atoms with Gasteiger partial charge in [0.05, 0.1) is 0 Å². The van der Waals surface area contributed by atoms with Crippen LogP contribution in [0.15, 0.2) is 18.2 Å². The van der Waals surface area contributed by atoms with Crippen molar-refractivity contribution in [3.05, 3.63) is 36.0 Å². The molecule has 1 aromatic rings. The summed E-state index contributed by atoms with van der Waals surface area (Å²) in [5.74, 6) is 0.328. The number of ether oxygens (including phenoxy) is 1. The summed E-state index contributed by atoms with van der Waals surface area (Å²) < 4.78 is 18.4. The van der Waals surface area contributed by atoms with Crippen molar-refractivity contribution in [2.24, 2.45) is 0 Å². The van der Waals surface area contributed by atoms with Gasteiger partial charge in [-0.15, -0.1) is 0 Å². The Kier molecular flexibility index (Phi) is 1.79. The summed E-state index contributed by atoms with van der Waals surface area (Å²) in [5, 5.41) is 0. The molecule has 0 aromatic heterocycles. The van der Waals surface area contributed by atoms with Gasteiger partial charge in [-0.2, -0.15) is 0 Å². The lowest BCUT2D eigenvalue weighted by molar-refractivity contribution is 0.0983. The van der Waals surface area contributed by atoms with Crippen LogP contribution >= 0.6 is 0 Å². The van der Waals surface area contributed by atoms with E-state index in [4.69, 9.17) is 4.74 Å². The molecule has 1 aliphatic heterocycles. The highest BCUT2D eigenvalue weighted by atomic mass is 19.1. The van der Waals surface area contributed by atoms with Crippen LogP contribution in [0.2, 0.25) is 0 Å². The molecular weight excluding hydrogens is 167 g/mol. The SMILES string of the molecule is CC1(C)C[C]c2ccc(F)cc2O1. The minimum absolute atomic E-state index is 0.263. The van der Waals surface area contributed by atoms with Crippen LogP contribution in [-0.2, 0) is 0 Å². The molecule has 68 valence electrons. The Hall–Kier alpha value is -1.05. The molecule has 1 heterocycles. The predicted octanol–water partition coefficient (Wildman–Crippen LogP) is 2.82. The fraction of sp³-hybridized carbons (Fsp3) is 0.364. The van der Waals surface area contributed by atoms with Crippen LogP contribution in [0, 0.1) is 12.2 Å². The van der Waals surface area contributed by atoms with Crippen molar-refractivity contribution in [3.63, 3.8) is 0 Å². The van der Waals surface area contributed by atoms with E-state index in [0.717, 1.165) is 12.0 Å². The Morgan fingerprint density at radius 2 is 2.23 bits per heavy atom. The second kappa shape index (κ2) is 2.72. The molecule has 1 nitrogen and oxygen atoms in total. The first-order chi connectivity index (χ1) is 6.07.